The molecule has 0 saturated heterocycles. The molecule has 0 fully saturated rings. The van der Waals surface area contributed by atoms with Crippen LogP contribution in [0.15, 0.2) is 23.4 Å². The van der Waals surface area contributed by atoms with E-state index in [1.807, 2.05) is 19.1 Å². The van der Waals surface area contributed by atoms with Crippen LogP contribution in [0.4, 0.5) is 0 Å². The molecular weight excluding hydrogens is 126 g/mol. The fourth-order valence-electron chi connectivity index (χ4n) is 0.756. The van der Waals surface area contributed by atoms with Gasteiger partial charge < -0.3 is 5.21 Å². The highest BCUT2D eigenvalue weighted by Gasteiger charge is 1.86. The van der Waals surface area contributed by atoms with Crippen molar-refractivity contribution in [3.8, 4) is 0 Å². The molecule has 51 valence electrons. The van der Waals surface area contributed by atoms with Gasteiger partial charge in [0, 0.05) is 0 Å². The first-order valence-electron chi connectivity index (χ1n) is 2.98. The highest BCUT2D eigenvalue weighted by molar-refractivity contribution is 5.79. The van der Waals surface area contributed by atoms with E-state index in [4.69, 9.17) is 5.21 Å². The molecule has 0 atom stereocenters. The molecule has 2 nitrogen and oxygen atoms in total. The maximum Gasteiger partial charge on any atom is 0.0733 e. The Morgan fingerprint density at radius 3 is 3.10 bits per heavy atom. The minimum Gasteiger partial charge on any atom is -0.411 e. The van der Waals surface area contributed by atoms with Crippen LogP contribution in [0.3, 0.4) is 0 Å². The monoisotopic (exact) mass is 134 g/mol. The van der Waals surface area contributed by atoms with Crippen molar-refractivity contribution in [1.82, 2.24) is 0 Å². The van der Waals surface area contributed by atoms with Crippen molar-refractivity contribution in [2.45, 2.75) is 6.92 Å². The summed E-state index contributed by atoms with van der Waals surface area (Å²) < 4.78 is 0. The van der Waals surface area contributed by atoms with Gasteiger partial charge in [-0.25, -0.2) is 0 Å². The zero-order chi connectivity index (χ0) is 7.40. The molecule has 0 bridgehead atoms. The lowest BCUT2D eigenvalue weighted by Crippen LogP contribution is -1.80. The molecule has 1 aromatic carbocycles. The van der Waals surface area contributed by atoms with Crippen molar-refractivity contribution in [3.63, 3.8) is 0 Å². The van der Waals surface area contributed by atoms with Gasteiger partial charge in [0.25, 0.3) is 0 Å². The highest BCUT2D eigenvalue weighted by Crippen LogP contribution is 1.99. The molecule has 0 aliphatic rings. The topological polar surface area (TPSA) is 32.6 Å². The summed E-state index contributed by atoms with van der Waals surface area (Å²) in [6.45, 7) is 1.94. The summed E-state index contributed by atoms with van der Waals surface area (Å²) in [6.07, 6.45) is 1.39. The lowest BCUT2D eigenvalue weighted by molar-refractivity contribution is 0.322. The Labute approximate surface area is 59.8 Å². The standard InChI is InChI=1S/C8H8NO/c1-7-3-2-4-8(5-7)6-9-10/h2,4-6,10H,1H3/b9-6-. The Morgan fingerprint density at radius 2 is 2.50 bits per heavy atom. The Balaban J connectivity index is 2.95. The van der Waals surface area contributed by atoms with Crippen molar-refractivity contribution in [2.75, 3.05) is 0 Å². The molecule has 0 aliphatic heterocycles. The van der Waals surface area contributed by atoms with Gasteiger partial charge in [0.1, 0.15) is 0 Å². The van der Waals surface area contributed by atoms with E-state index in [0.717, 1.165) is 11.1 Å². The van der Waals surface area contributed by atoms with Gasteiger partial charge in [-0.05, 0) is 30.2 Å². The summed E-state index contributed by atoms with van der Waals surface area (Å²) in [5.41, 5.74) is 1.93. The van der Waals surface area contributed by atoms with Crippen LogP contribution in [-0.4, -0.2) is 11.4 Å². The Morgan fingerprint density at radius 1 is 1.70 bits per heavy atom. The average Bonchev–Trinajstić information content (AvgIpc) is 1.88. The molecule has 10 heavy (non-hydrogen) atoms. The van der Waals surface area contributed by atoms with Gasteiger partial charge >= 0.3 is 0 Å². The molecule has 1 radical (unpaired) electrons. The quantitative estimate of drug-likeness (QED) is 0.353. The lowest BCUT2D eigenvalue weighted by atomic mass is 10.2. The zero-order valence-corrected chi connectivity index (χ0v) is 5.70. The largest absolute Gasteiger partial charge is 0.411 e. The van der Waals surface area contributed by atoms with E-state index in [9.17, 15) is 0 Å². The molecule has 2 heteroatoms. The third-order valence-electron chi connectivity index (χ3n) is 1.18. The summed E-state index contributed by atoms with van der Waals surface area (Å²) >= 11 is 0. The van der Waals surface area contributed by atoms with E-state index in [2.05, 4.69) is 11.2 Å². The number of aryl methyl sites for hydroxylation is 1. The second kappa shape index (κ2) is 3.01. The molecule has 0 saturated carbocycles. The molecule has 1 aromatic rings. The van der Waals surface area contributed by atoms with Crippen LogP contribution in [0.2, 0.25) is 0 Å². The third kappa shape index (κ3) is 1.58. The highest BCUT2D eigenvalue weighted by atomic mass is 16.4. The van der Waals surface area contributed by atoms with E-state index in [1.54, 1.807) is 6.07 Å². The van der Waals surface area contributed by atoms with Crippen LogP contribution >= 0.6 is 0 Å². The van der Waals surface area contributed by atoms with Crippen molar-refractivity contribution in [2.24, 2.45) is 5.16 Å². The van der Waals surface area contributed by atoms with Gasteiger partial charge in [0.05, 0.1) is 6.21 Å². The minimum atomic E-state index is 0.888. The SMILES string of the molecule is Cc1[c]ccc(/C=N\O)c1. The fourth-order valence-corrected chi connectivity index (χ4v) is 0.756. The first-order valence-corrected chi connectivity index (χ1v) is 2.98. The van der Waals surface area contributed by atoms with E-state index in [-0.39, 0.29) is 0 Å². The number of nitrogens with zero attached hydrogens (tertiary/aromatic N) is 1. The van der Waals surface area contributed by atoms with Gasteiger partial charge in [-0.2, -0.15) is 0 Å². The van der Waals surface area contributed by atoms with Crippen molar-refractivity contribution in [1.29, 1.82) is 0 Å². The van der Waals surface area contributed by atoms with Crippen molar-refractivity contribution >= 4 is 6.21 Å². The molecule has 0 unspecified atom stereocenters. The minimum absolute atomic E-state index is 0.888. The normalized spacial score (nSPS) is 10.5. The predicted octanol–water partition coefficient (Wildman–Crippen LogP) is 1.60. The van der Waals surface area contributed by atoms with Crippen LogP contribution in [-0.2, 0) is 0 Å². The smallest absolute Gasteiger partial charge is 0.0733 e. The molecule has 0 heterocycles. The first-order chi connectivity index (χ1) is 4.83. The Bertz CT molecular complexity index is 243. The van der Waals surface area contributed by atoms with E-state index in [1.165, 1.54) is 6.21 Å². The number of benzene rings is 1. The van der Waals surface area contributed by atoms with Crippen molar-refractivity contribution in [3.05, 3.63) is 35.4 Å². The maximum atomic E-state index is 8.17. The van der Waals surface area contributed by atoms with E-state index >= 15 is 0 Å². The van der Waals surface area contributed by atoms with Crippen LogP contribution in [0.5, 0.6) is 0 Å². The van der Waals surface area contributed by atoms with Gasteiger partial charge in [-0.1, -0.05) is 17.3 Å². The average molecular weight is 134 g/mol. The van der Waals surface area contributed by atoms with Crippen LogP contribution in [0.1, 0.15) is 11.1 Å². The number of hydrogen-bond acceptors (Lipinski definition) is 2. The summed E-state index contributed by atoms with van der Waals surface area (Å²) in [6, 6.07) is 8.50. The Kier molecular flexibility index (Phi) is 2.05. The molecular formula is C8H8NO. The second-order valence-electron chi connectivity index (χ2n) is 2.05. The molecule has 0 spiro atoms. The number of rotatable bonds is 1. The van der Waals surface area contributed by atoms with Crippen molar-refractivity contribution < 1.29 is 5.21 Å². The molecule has 1 N–H and O–H groups in total. The summed E-state index contributed by atoms with van der Waals surface area (Å²) in [7, 11) is 0. The fraction of sp³-hybridized carbons (Fsp3) is 0.125. The number of oxime groups is 1. The molecule has 1 rings (SSSR count). The van der Waals surface area contributed by atoms with Gasteiger partial charge in [-0.3, -0.25) is 0 Å². The summed E-state index contributed by atoms with van der Waals surface area (Å²) in [4.78, 5) is 0. The third-order valence-corrected chi connectivity index (χ3v) is 1.18. The van der Waals surface area contributed by atoms with Crippen LogP contribution in [0, 0.1) is 13.0 Å². The maximum absolute atomic E-state index is 8.17. The lowest BCUT2D eigenvalue weighted by Gasteiger charge is -1.91. The summed E-state index contributed by atoms with van der Waals surface area (Å²) in [5.74, 6) is 0. The summed E-state index contributed by atoms with van der Waals surface area (Å²) in [5, 5.41) is 11.1. The van der Waals surface area contributed by atoms with Gasteiger partial charge in [0.2, 0.25) is 0 Å². The van der Waals surface area contributed by atoms with Crippen LogP contribution < -0.4 is 0 Å². The van der Waals surface area contributed by atoms with Gasteiger partial charge in [0.15, 0.2) is 0 Å². The Hall–Kier alpha value is -1.31. The molecule has 0 aromatic heterocycles. The molecule has 0 aliphatic carbocycles. The van der Waals surface area contributed by atoms with E-state index < -0.39 is 0 Å². The zero-order valence-electron chi connectivity index (χ0n) is 5.70. The predicted molar refractivity (Wildman–Crippen MR) is 39.4 cm³/mol. The van der Waals surface area contributed by atoms with Gasteiger partial charge in [-0.15, -0.1) is 0 Å². The van der Waals surface area contributed by atoms with Crippen LogP contribution in [0.25, 0.3) is 0 Å². The second-order valence-corrected chi connectivity index (χ2v) is 2.05. The molecule has 0 amide bonds. The first kappa shape index (κ1) is 6.81. The number of hydrogen-bond donors (Lipinski definition) is 1. The van der Waals surface area contributed by atoms with E-state index in [0.29, 0.717) is 0 Å².